The van der Waals surface area contributed by atoms with E-state index in [0.717, 1.165) is 66.0 Å². The lowest BCUT2D eigenvalue weighted by Gasteiger charge is -2.37. The van der Waals surface area contributed by atoms with Gasteiger partial charge in [-0.05, 0) is 105 Å². The van der Waals surface area contributed by atoms with Gasteiger partial charge in [-0.3, -0.25) is 9.78 Å². The summed E-state index contributed by atoms with van der Waals surface area (Å²) in [5.74, 6) is -0.364. The molecule has 0 aliphatic carbocycles. The molecular formula is C29H35ClN2O4. The number of hydrogen-bond acceptors (Lipinski definition) is 5. The third-order valence-electron chi connectivity index (χ3n) is 7.41. The summed E-state index contributed by atoms with van der Waals surface area (Å²) in [7, 11) is 1.62. The summed E-state index contributed by atoms with van der Waals surface area (Å²) in [6, 6.07) is 15.4. The fraction of sp³-hybridized carbons (Fsp3) is 0.448. The average molecular weight is 511 g/mol. The van der Waals surface area contributed by atoms with Gasteiger partial charge in [0.05, 0.1) is 24.6 Å². The van der Waals surface area contributed by atoms with E-state index in [-0.39, 0.29) is 5.92 Å². The Morgan fingerprint density at radius 2 is 2.00 bits per heavy atom. The third kappa shape index (κ3) is 6.75. The Labute approximate surface area is 217 Å². The van der Waals surface area contributed by atoms with Crippen LogP contribution >= 0.6 is 11.6 Å². The van der Waals surface area contributed by atoms with Gasteiger partial charge in [0.2, 0.25) is 0 Å². The highest BCUT2D eigenvalue weighted by Gasteiger charge is 2.34. The maximum absolute atomic E-state index is 12.1. The highest BCUT2D eigenvalue weighted by atomic mass is 35.5. The molecule has 2 heterocycles. The van der Waals surface area contributed by atoms with Crippen LogP contribution in [0.4, 0.5) is 0 Å². The fourth-order valence-corrected chi connectivity index (χ4v) is 5.43. The Hall–Kier alpha value is -2.67. The van der Waals surface area contributed by atoms with Crippen LogP contribution in [-0.2, 0) is 11.2 Å². The first-order valence-corrected chi connectivity index (χ1v) is 13.1. The standard InChI is InChI=1S/C29H35ClN2O4/c1-36-23-10-11-27-25(18-23)24(13-15-31-27)28(33)12-7-21-14-17-32(19-26(21)29(34)35)16-3-2-4-20-5-8-22(30)9-6-20/h5-6,8-11,13,15,18,21,26,28,33H,2-4,7,12,14,16-17,19H2,1H3,(H,34,35)/t21-,26+,28?/m1/s1. The van der Waals surface area contributed by atoms with Gasteiger partial charge in [0.1, 0.15) is 5.75 Å². The van der Waals surface area contributed by atoms with Gasteiger partial charge < -0.3 is 19.8 Å². The number of aliphatic carboxylic acids is 1. The number of carboxylic acid groups (broad SMARTS) is 1. The number of aliphatic hydroxyl groups excluding tert-OH is 1. The van der Waals surface area contributed by atoms with Gasteiger partial charge in [-0.1, -0.05) is 23.7 Å². The molecule has 0 bridgehead atoms. The van der Waals surface area contributed by atoms with E-state index in [2.05, 4.69) is 22.0 Å². The molecule has 192 valence electrons. The Balaban J connectivity index is 1.29. The van der Waals surface area contributed by atoms with E-state index in [1.807, 2.05) is 36.4 Å². The van der Waals surface area contributed by atoms with Gasteiger partial charge in [-0.2, -0.15) is 0 Å². The number of benzene rings is 2. The van der Waals surface area contributed by atoms with Crippen molar-refractivity contribution >= 4 is 28.5 Å². The molecule has 3 atom stereocenters. The van der Waals surface area contributed by atoms with Gasteiger partial charge in [0.25, 0.3) is 0 Å². The normalized spacial score (nSPS) is 19.3. The van der Waals surface area contributed by atoms with Crippen LogP contribution in [0.25, 0.3) is 10.9 Å². The van der Waals surface area contributed by atoms with Crippen LogP contribution in [0.3, 0.4) is 0 Å². The van der Waals surface area contributed by atoms with Crippen molar-refractivity contribution in [3.8, 4) is 5.75 Å². The highest BCUT2D eigenvalue weighted by Crippen LogP contribution is 2.33. The molecule has 0 spiro atoms. The van der Waals surface area contributed by atoms with E-state index in [0.29, 0.717) is 19.4 Å². The first kappa shape index (κ1) is 26.4. The number of unbranched alkanes of at least 4 members (excludes halogenated alkanes) is 1. The van der Waals surface area contributed by atoms with Crippen molar-refractivity contribution in [2.75, 3.05) is 26.7 Å². The van der Waals surface area contributed by atoms with Crippen LogP contribution in [0, 0.1) is 11.8 Å². The number of pyridine rings is 1. The zero-order chi connectivity index (χ0) is 25.5. The van der Waals surface area contributed by atoms with Gasteiger partial charge in [0, 0.05) is 23.2 Å². The summed E-state index contributed by atoms with van der Waals surface area (Å²) in [5.41, 5.74) is 2.89. The number of hydrogen-bond donors (Lipinski definition) is 2. The number of halogens is 1. The minimum atomic E-state index is -0.737. The van der Waals surface area contributed by atoms with Gasteiger partial charge >= 0.3 is 5.97 Å². The molecule has 1 unspecified atom stereocenters. The quantitative estimate of drug-likeness (QED) is 0.319. The van der Waals surface area contributed by atoms with Crippen LogP contribution in [0.2, 0.25) is 5.02 Å². The maximum Gasteiger partial charge on any atom is 0.308 e. The molecule has 7 heteroatoms. The van der Waals surface area contributed by atoms with Crippen molar-refractivity contribution in [1.82, 2.24) is 9.88 Å². The average Bonchev–Trinajstić information content (AvgIpc) is 2.90. The van der Waals surface area contributed by atoms with E-state index in [1.54, 1.807) is 13.3 Å². The number of carboxylic acids is 1. The number of methoxy groups -OCH3 is 1. The zero-order valence-corrected chi connectivity index (χ0v) is 21.5. The molecule has 2 aromatic carbocycles. The van der Waals surface area contributed by atoms with Crippen LogP contribution in [0.5, 0.6) is 5.75 Å². The lowest BCUT2D eigenvalue weighted by molar-refractivity contribution is -0.146. The number of aromatic nitrogens is 1. The minimum Gasteiger partial charge on any atom is -0.497 e. The molecule has 1 fully saturated rings. The molecule has 0 radical (unpaired) electrons. The predicted molar refractivity (Wildman–Crippen MR) is 143 cm³/mol. The summed E-state index contributed by atoms with van der Waals surface area (Å²) in [6.07, 6.45) is 6.17. The first-order valence-electron chi connectivity index (χ1n) is 12.7. The molecule has 36 heavy (non-hydrogen) atoms. The summed E-state index contributed by atoms with van der Waals surface area (Å²) < 4.78 is 5.34. The minimum absolute atomic E-state index is 0.0603. The van der Waals surface area contributed by atoms with Crippen LogP contribution in [0.15, 0.2) is 54.7 Å². The number of piperidine rings is 1. The maximum atomic E-state index is 12.1. The van der Waals surface area contributed by atoms with Crippen molar-refractivity contribution in [1.29, 1.82) is 0 Å². The zero-order valence-electron chi connectivity index (χ0n) is 20.8. The molecular weight excluding hydrogens is 476 g/mol. The van der Waals surface area contributed by atoms with E-state index >= 15 is 0 Å². The lowest BCUT2D eigenvalue weighted by atomic mass is 9.81. The number of rotatable bonds is 11. The molecule has 3 aromatic rings. The monoisotopic (exact) mass is 510 g/mol. The number of aryl methyl sites for hydroxylation is 1. The predicted octanol–water partition coefficient (Wildman–Crippen LogP) is 5.76. The SMILES string of the molecule is COc1ccc2nccc(C(O)CC[C@@H]3CCN(CCCCc4ccc(Cl)cc4)C[C@@H]3C(=O)O)c2c1. The molecule has 4 rings (SSSR count). The largest absolute Gasteiger partial charge is 0.497 e. The molecule has 0 amide bonds. The summed E-state index contributed by atoms with van der Waals surface area (Å²) in [4.78, 5) is 18.8. The van der Waals surface area contributed by atoms with E-state index in [9.17, 15) is 15.0 Å². The van der Waals surface area contributed by atoms with Gasteiger partial charge in [-0.15, -0.1) is 0 Å². The first-order chi connectivity index (χ1) is 17.4. The Kier molecular flexibility index (Phi) is 9.19. The lowest BCUT2D eigenvalue weighted by Crippen LogP contribution is -2.44. The van der Waals surface area contributed by atoms with Crippen molar-refractivity contribution < 1.29 is 19.7 Å². The molecule has 1 aromatic heterocycles. The molecule has 6 nitrogen and oxygen atoms in total. The summed E-state index contributed by atoms with van der Waals surface area (Å²) in [5, 5.41) is 22.6. The number of carbonyl (C=O) groups is 1. The molecule has 1 aliphatic heterocycles. The number of ether oxygens (including phenoxy) is 1. The molecule has 2 N–H and O–H groups in total. The molecule has 1 saturated heterocycles. The third-order valence-corrected chi connectivity index (χ3v) is 7.66. The van der Waals surface area contributed by atoms with E-state index in [1.165, 1.54) is 5.56 Å². The Bertz CT molecular complexity index is 1150. The highest BCUT2D eigenvalue weighted by molar-refractivity contribution is 6.30. The van der Waals surface area contributed by atoms with Gasteiger partial charge in [-0.25, -0.2) is 0 Å². The topological polar surface area (TPSA) is 82.9 Å². The van der Waals surface area contributed by atoms with Gasteiger partial charge in [0.15, 0.2) is 0 Å². The van der Waals surface area contributed by atoms with Crippen LogP contribution in [0.1, 0.15) is 49.3 Å². The Morgan fingerprint density at radius 1 is 1.19 bits per heavy atom. The van der Waals surface area contributed by atoms with E-state index in [4.69, 9.17) is 16.3 Å². The van der Waals surface area contributed by atoms with Crippen molar-refractivity contribution in [3.05, 3.63) is 70.9 Å². The second kappa shape index (κ2) is 12.5. The second-order valence-electron chi connectivity index (χ2n) is 9.75. The number of likely N-dealkylation sites (tertiary alicyclic amines) is 1. The van der Waals surface area contributed by atoms with Crippen LogP contribution < -0.4 is 4.74 Å². The fourth-order valence-electron chi connectivity index (χ4n) is 5.30. The van der Waals surface area contributed by atoms with Crippen molar-refractivity contribution in [3.63, 3.8) is 0 Å². The number of aliphatic hydroxyl groups is 1. The number of nitrogens with zero attached hydrogens (tertiary/aromatic N) is 2. The summed E-state index contributed by atoms with van der Waals surface area (Å²) >= 11 is 5.96. The molecule has 0 saturated carbocycles. The second-order valence-corrected chi connectivity index (χ2v) is 10.2. The number of fused-ring (bicyclic) bond motifs is 1. The smallest absolute Gasteiger partial charge is 0.308 e. The van der Waals surface area contributed by atoms with Crippen molar-refractivity contribution in [2.24, 2.45) is 11.8 Å². The molecule has 1 aliphatic rings. The van der Waals surface area contributed by atoms with Crippen LogP contribution in [-0.4, -0.2) is 52.8 Å². The Morgan fingerprint density at radius 3 is 2.75 bits per heavy atom. The van der Waals surface area contributed by atoms with E-state index < -0.39 is 18.0 Å². The summed E-state index contributed by atoms with van der Waals surface area (Å²) in [6.45, 7) is 2.39. The van der Waals surface area contributed by atoms with Crippen molar-refractivity contribution in [2.45, 2.75) is 44.6 Å².